The lowest BCUT2D eigenvalue weighted by Gasteiger charge is -2.34. The molecule has 4 heterocycles. The fraction of sp³-hybridized carbons (Fsp3) is 0.273. The van der Waals surface area contributed by atoms with Gasteiger partial charge in [0.2, 0.25) is 5.91 Å². The van der Waals surface area contributed by atoms with Crippen molar-refractivity contribution in [1.82, 2.24) is 19.9 Å². The lowest BCUT2D eigenvalue weighted by Crippen LogP contribution is -2.48. The number of alkyl halides is 2. The van der Waals surface area contributed by atoms with Crippen molar-refractivity contribution in [3.05, 3.63) is 54.2 Å². The number of benzene rings is 1. The van der Waals surface area contributed by atoms with Crippen molar-refractivity contribution in [1.29, 1.82) is 0 Å². The quantitative estimate of drug-likeness (QED) is 0.520. The van der Waals surface area contributed by atoms with Crippen LogP contribution in [0, 0.1) is 5.82 Å². The van der Waals surface area contributed by atoms with Crippen molar-refractivity contribution in [2.45, 2.75) is 25.1 Å². The lowest BCUT2D eigenvalue weighted by atomic mass is 10.2. The Bertz CT molecular complexity index is 1290. The van der Waals surface area contributed by atoms with Crippen molar-refractivity contribution >= 4 is 45.7 Å². The van der Waals surface area contributed by atoms with Gasteiger partial charge in [-0.05, 0) is 30.7 Å². The van der Waals surface area contributed by atoms with Crippen molar-refractivity contribution in [3.8, 4) is 5.75 Å². The van der Waals surface area contributed by atoms with E-state index >= 15 is 0 Å². The second kappa shape index (κ2) is 8.64. The van der Waals surface area contributed by atoms with Crippen LogP contribution in [0.25, 0.3) is 10.9 Å². The van der Waals surface area contributed by atoms with Gasteiger partial charge in [0.15, 0.2) is 5.82 Å². The van der Waals surface area contributed by atoms with Gasteiger partial charge >= 0.3 is 6.61 Å². The number of carbonyl (C=O) groups excluding carboxylic acids is 1. The number of pyridine rings is 1. The Morgan fingerprint density at radius 3 is 2.79 bits per heavy atom. The molecular weight excluding hydrogens is 473 g/mol. The largest absolute Gasteiger partial charge is 0.433 e. The van der Waals surface area contributed by atoms with Gasteiger partial charge in [-0.1, -0.05) is 18.2 Å². The summed E-state index contributed by atoms with van der Waals surface area (Å²) in [5, 5.41) is 2.86. The number of aromatic nitrogens is 3. The number of likely N-dealkylation sites (tertiary alicyclic amines) is 1. The van der Waals surface area contributed by atoms with E-state index in [1.54, 1.807) is 12.3 Å². The number of ether oxygens (including phenoxy) is 1. The molecule has 0 saturated carbocycles. The number of halogens is 4. The Hall–Kier alpha value is -3.60. The molecule has 2 fully saturated rings. The van der Waals surface area contributed by atoms with Crippen LogP contribution < -0.4 is 15.0 Å². The first-order valence-electron chi connectivity index (χ1n) is 10.4. The van der Waals surface area contributed by atoms with Gasteiger partial charge in [-0.3, -0.25) is 4.79 Å². The minimum absolute atomic E-state index is 0.0659. The Kier molecular flexibility index (Phi) is 5.64. The maximum absolute atomic E-state index is 14.7. The Morgan fingerprint density at radius 2 is 2.09 bits per heavy atom. The zero-order valence-electron chi connectivity index (χ0n) is 17.6. The van der Waals surface area contributed by atoms with Crippen LogP contribution >= 0.6 is 11.6 Å². The number of carbonyl (C=O) groups is 1. The Morgan fingerprint density at radius 1 is 1.26 bits per heavy atom. The molecule has 8 nitrogen and oxygen atoms in total. The van der Waals surface area contributed by atoms with Crippen LogP contribution in [0.3, 0.4) is 0 Å². The smallest absolute Gasteiger partial charge is 0.387 e. The first-order valence-corrected chi connectivity index (χ1v) is 10.7. The van der Waals surface area contributed by atoms with Crippen LogP contribution in [0.2, 0.25) is 5.02 Å². The summed E-state index contributed by atoms with van der Waals surface area (Å²) >= 11 is 5.86. The summed E-state index contributed by atoms with van der Waals surface area (Å²) < 4.78 is 43.9. The molecule has 1 aromatic carbocycles. The van der Waals surface area contributed by atoms with Crippen LogP contribution in [-0.4, -0.2) is 57.5 Å². The summed E-state index contributed by atoms with van der Waals surface area (Å²) in [5.41, 5.74) is 0.460. The first kappa shape index (κ1) is 22.2. The Balaban J connectivity index is 1.43. The molecule has 1 amide bonds. The van der Waals surface area contributed by atoms with Gasteiger partial charge in [0.05, 0.1) is 29.5 Å². The van der Waals surface area contributed by atoms with Crippen LogP contribution in [-0.2, 0) is 4.79 Å². The predicted octanol–water partition coefficient (Wildman–Crippen LogP) is 4.14. The number of hydrogen-bond donors (Lipinski definition) is 1. The minimum Gasteiger partial charge on any atom is -0.433 e. The summed E-state index contributed by atoms with van der Waals surface area (Å²) in [6.45, 7) is 1.65. The number of nitrogens with zero attached hydrogens (tertiary/aromatic N) is 5. The highest BCUT2D eigenvalue weighted by atomic mass is 35.5. The number of fused-ring (bicyclic) bond motifs is 3. The maximum atomic E-state index is 14.7. The standard InChI is InChI=1S/C22H18ClF3N6O2/c1-2-18(33)32-9-11-5-12(32)8-31(11)17-6-13-15(7-27-17)28-10-29-21(13)30-14-3-4-16(34-22(25)26)19(23)20(14)24/h2-4,6-7,10-12,22H,1,5,8-9H2,(H,28,29,30)/t11-,12-/m0/s1. The van der Waals surface area contributed by atoms with Crippen molar-refractivity contribution < 1.29 is 22.7 Å². The van der Waals surface area contributed by atoms with Crippen LogP contribution in [0.15, 0.2) is 43.4 Å². The molecule has 2 atom stereocenters. The molecule has 1 N–H and O–H groups in total. The third kappa shape index (κ3) is 3.85. The number of anilines is 3. The highest BCUT2D eigenvalue weighted by Gasteiger charge is 2.45. The minimum atomic E-state index is -3.13. The summed E-state index contributed by atoms with van der Waals surface area (Å²) in [6, 6.07) is 4.39. The highest BCUT2D eigenvalue weighted by Crippen LogP contribution is 2.37. The van der Waals surface area contributed by atoms with E-state index in [9.17, 15) is 18.0 Å². The summed E-state index contributed by atoms with van der Waals surface area (Å²) in [4.78, 5) is 28.9. The SMILES string of the molecule is C=CC(=O)N1C[C@@H]2C[C@H]1CN2c1cc2c(Nc3ccc(OC(F)F)c(Cl)c3F)ncnc2cn1. The third-order valence-corrected chi connectivity index (χ3v) is 6.37. The number of piperazine rings is 1. The number of hydrogen-bond acceptors (Lipinski definition) is 7. The molecule has 0 spiro atoms. The molecule has 5 rings (SSSR count). The van der Waals surface area contributed by atoms with Gasteiger partial charge in [-0.2, -0.15) is 8.78 Å². The molecule has 34 heavy (non-hydrogen) atoms. The fourth-order valence-electron chi connectivity index (χ4n) is 4.48. The molecular formula is C22H18ClF3N6O2. The molecule has 2 aromatic heterocycles. The molecule has 176 valence electrons. The normalized spacial score (nSPS) is 19.2. The lowest BCUT2D eigenvalue weighted by molar-refractivity contribution is -0.127. The van der Waals surface area contributed by atoms with Crippen molar-refractivity contribution in [2.24, 2.45) is 0 Å². The predicted molar refractivity (Wildman–Crippen MR) is 120 cm³/mol. The van der Waals surface area contributed by atoms with Crippen molar-refractivity contribution in [3.63, 3.8) is 0 Å². The molecule has 2 bridgehead atoms. The second-order valence-corrected chi connectivity index (χ2v) is 8.29. The van der Waals surface area contributed by atoms with Crippen LogP contribution in [0.5, 0.6) is 5.75 Å². The first-order chi connectivity index (χ1) is 16.4. The van der Waals surface area contributed by atoms with E-state index in [2.05, 4.69) is 36.5 Å². The van der Waals surface area contributed by atoms with Gasteiger partial charge in [0.1, 0.15) is 28.7 Å². The molecule has 3 aromatic rings. The van der Waals surface area contributed by atoms with Gasteiger partial charge in [0, 0.05) is 18.5 Å². The van der Waals surface area contributed by atoms with E-state index in [0.29, 0.717) is 35.6 Å². The summed E-state index contributed by atoms with van der Waals surface area (Å²) in [5.74, 6) is -0.526. The molecule has 0 aliphatic carbocycles. The van der Waals surface area contributed by atoms with E-state index in [0.717, 1.165) is 12.5 Å². The zero-order chi connectivity index (χ0) is 24.0. The zero-order valence-corrected chi connectivity index (χ0v) is 18.3. The Labute approximate surface area is 197 Å². The van der Waals surface area contributed by atoms with Gasteiger partial charge in [-0.15, -0.1) is 0 Å². The van der Waals surface area contributed by atoms with E-state index in [1.807, 2.05) is 4.90 Å². The number of rotatable bonds is 6. The molecule has 2 saturated heterocycles. The van der Waals surface area contributed by atoms with Crippen molar-refractivity contribution in [2.75, 3.05) is 23.3 Å². The molecule has 0 radical (unpaired) electrons. The van der Waals surface area contributed by atoms with E-state index < -0.39 is 23.2 Å². The fourth-order valence-corrected chi connectivity index (χ4v) is 4.69. The third-order valence-electron chi connectivity index (χ3n) is 6.02. The summed E-state index contributed by atoms with van der Waals surface area (Å²) in [6.07, 6.45) is 5.06. The van der Waals surface area contributed by atoms with Crippen LogP contribution in [0.1, 0.15) is 6.42 Å². The average Bonchev–Trinajstić information content (AvgIpc) is 3.44. The molecule has 2 aliphatic heterocycles. The van der Waals surface area contributed by atoms with Gasteiger partial charge < -0.3 is 19.9 Å². The topological polar surface area (TPSA) is 83.5 Å². The van der Waals surface area contributed by atoms with Gasteiger partial charge in [-0.25, -0.2) is 19.3 Å². The summed E-state index contributed by atoms with van der Waals surface area (Å²) in [7, 11) is 0. The number of amides is 1. The van der Waals surface area contributed by atoms with E-state index in [1.165, 1.54) is 18.5 Å². The molecule has 2 aliphatic rings. The number of nitrogens with one attached hydrogen (secondary N) is 1. The van der Waals surface area contributed by atoms with Gasteiger partial charge in [0.25, 0.3) is 0 Å². The molecule has 0 unspecified atom stereocenters. The van der Waals surface area contributed by atoms with E-state index in [-0.39, 0.29) is 23.7 Å². The van der Waals surface area contributed by atoms with Crippen LogP contribution in [0.4, 0.5) is 30.5 Å². The molecule has 12 heteroatoms. The van der Waals surface area contributed by atoms with E-state index in [4.69, 9.17) is 11.6 Å². The highest BCUT2D eigenvalue weighted by molar-refractivity contribution is 6.32. The monoisotopic (exact) mass is 490 g/mol. The second-order valence-electron chi connectivity index (χ2n) is 7.92. The maximum Gasteiger partial charge on any atom is 0.387 e. The average molecular weight is 491 g/mol.